The smallest absolute Gasteiger partial charge is 0.236 e. The zero-order chi connectivity index (χ0) is 21.5. The van der Waals surface area contributed by atoms with E-state index in [1.165, 1.54) is 18.2 Å². The lowest BCUT2D eigenvalue weighted by Gasteiger charge is -2.36. The molecule has 162 valence electrons. The summed E-state index contributed by atoms with van der Waals surface area (Å²) < 4.78 is 7.77. The fourth-order valence-corrected chi connectivity index (χ4v) is 4.73. The van der Waals surface area contributed by atoms with Gasteiger partial charge in [0.25, 0.3) is 0 Å². The number of likely N-dealkylation sites (tertiary alicyclic amines) is 1. The average Bonchev–Trinajstić information content (AvgIpc) is 3.14. The predicted octanol–water partition coefficient (Wildman–Crippen LogP) is 4.97. The molecule has 8 heteroatoms. The normalized spacial score (nSPS) is 17.6. The van der Waals surface area contributed by atoms with Crippen molar-refractivity contribution >= 4 is 29.3 Å². The summed E-state index contributed by atoms with van der Waals surface area (Å²) >= 11 is 7.37. The molecule has 2 heterocycles. The first kappa shape index (κ1) is 22.7. The Hall–Kier alpha value is -1.99. The largest absolute Gasteiger partial charge is 0.486 e. The molecule has 0 bridgehead atoms. The third-order valence-corrected chi connectivity index (χ3v) is 6.62. The highest BCUT2D eigenvalue weighted by molar-refractivity contribution is 8.00. The summed E-state index contributed by atoms with van der Waals surface area (Å²) in [5, 5.41) is 9.75. The molecule has 0 N–H and O–H groups in total. The monoisotopic (exact) mass is 448 g/mol. The van der Waals surface area contributed by atoms with Gasteiger partial charge in [-0.25, -0.2) is 0 Å². The average molecular weight is 449 g/mol. The second-order valence-electron chi connectivity index (χ2n) is 7.39. The molecule has 3 rings (SSSR count). The van der Waals surface area contributed by atoms with Crippen LogP contribution >= 0.6 is 23.4 Å². The summed E-state index contributed by atoms with van der Waals surface area (Å²) in [6.45, 7) is 9.62. The van der Waals surface area contributed by atoms with Crippen molar-refractivity contribution in [2.24, 2.45) is 0 Å². The minimum atomic E-state index is -0.227. The predicted molar refractivity (Wildman–Crippen MR) is 121 cm³/mol. The fraction of sp³-hybridized carbons (Fsp3) is 0.500. The summed E-state index contributed by atoms with van der Waals surface area (Å²) in [5.41, 5.74) is 0. The Kier molecular flexibility index (Phi) is 8.22. The maximum atomic E-state index is 13.1. The molecule has 0 saturated carbocycles. The fourth-order valence-electron chi connectivity index (χ4n) is 3.66. The van der Waals surface area contributed by atoms with Crippen molar-refractivity contribution in [1.29, 1.82) is 0 Å². The first-order chi connectivity index (χ1) is 14.5. The van der Waals surface area contributed by atoms with Crippen molar-refractivity contribution in [3.05, 3.63) is 47.8 Å². The number of aromatic nitrogens is 3. The Morgan fingerprint density at radius 2 is 2.13 bits per heavy atom. The topological polar surface area (TPSA) is 60.2 Å². The molecule has 1 saturated heterocycles. The Labute approximate surface area is 187 Å². The van der Waals surface area contributed by atoms with Crippen molar-refractivity contribution in [2.75, 3.05) is 6.54 Å². The van der Waals surface area contributed by atoms with E-state index in [2.05, 4.69) is 28.6 Å². The van der Waals surface area contributed by atoms with Crippen molar-refractivity contribution in [1.82, 2.24) is 19.7 Å². The zero-order valence-electron chi connectivity index (χ0n) is 17.6. The second kappa shape index (κ2) is 10.9. The molecule has 0 aliphatic carbocycles. The number of rotatable bonds is 9. The number of allylic oxidation sites excluding steroid dienone is 1. The molecule has 1 aromatic heterocycles. The number of amides is 1. The lowest BCUT2D eigenvalue weighted by molar-refractivity contribution is -0.134. The van der Waals surface area contributed by atoms with Gasteiger partial charge in [0.2, 0.25) is 5.91 Å². The third kappa shape index (κ3) is 5.58. The van der Waals surface area contributed by atoms with Gasteiger partial charge in [0.15, 0.2) is 11.0 Å². The van der Waals surface area contributed by atoms with E-state index in [-0.39, 0.29) is 17.8 Å². The molecule has 0 spiro atoms. The molecular formula is C22H29ClN4O2S. The van der Waals surface area contributed by atoms with Crippen molar-refractivity contribution in [2.45, 2.75) is 69.1 Å². The molecule has 2 atom stereocenters. The molecule has 0 radical (unpaired) electrons. The Bertz CT molecular complexity index is 855. The summed E-state index contributed by atoms with van der Waals surface area (Å²) in [7, 11) is 0. The molecule has 1 fully saturated rings. The first-order valence-corrected chi connectivity index (χ1v) is 11.7. The van der Waals surface area contributed by atoms with Crippen molar-refractivity contribution in [3.63, 3.8) is 0 Å². The van der Waals surface area contributed by atoms with Gasteiger partial charge in [-0.15, -0.1) is 16.8 Å². The van der Waals surface area contributed by atoms with Gasteiger partial charge in [-0.2, -0.15) is 0 Å². The van der Waals surface area contributed by atoms with E-state index in [0.29, 0.717) is 34.3 Å². The molecule has 2 aromatic rings. The lowest BCUT2D eigenvalue weighted by atomic mass is 10.00. The quantitative estimate of drug-likeness (QED) is 0.400. The standard InChI is InChI=1S/C22H29ClN4O2S/c1-4-13-27-20(15-29-19-11-9-17(23)10-12-19)24-25-22(27)30-16(3)21(28)26-14-7-6-8-18(26)5-2/h4,9-12,16,18H,1,5-8,13-15H2,2-3H3. The third-order valence-electron chi connectivity index (χ3n) is 5.30. The number of carbonyl (C=O) groups excluding carboxylic acids is 1. The highest BCUT2D eigenvalue weighted by Crippen LogP contribution is 2.28. The molecule has 1 amide bonds. The first-order valence-electron chi connectivity index (χ1n) is 10.4. The molecule has 1 aromatic carbocycles. The SMILES string of the molecule is C=CCn1c(COc2ccc(Cl)cc2)nnc1SC(C)C(=O)N1CCCCC1CC. The van der Waals surface area contributed by atoms with Gasteiger partial charge < -0.3 is 9.64 Å². The Morgan fingerprint density at radius 1 is 1.37 bits per heavy atom. The van der Waals surface area contributed by atoms with Crippen LogP contribution in [-0.2, 0) is 17.9 Å². The van der Waals surface area contributed by atoms with E-state index < -0.39 is 0 Å². The van der Waals surface area contributed by atoms with Gasteiger partial charge in [0.05, 0.1) is 5.25 Å². The number of hydrogen-bond donors (Lipinski definition) is 0. The van der Waals surface area contributed by atoms with Gasteiger partial charge in [-0.05, 0) is 56.9 Å². The molecule has 2 unspecified atom stereocenters. The van der Waals surface area contributed by atoms with Crippen LogP contribution in [0, 0.1) is 0 Å². The molecule has 6 nitrogen and oxygen atoms in total. The number of thioether (sulfide) groups is 1. The molecular weight excluding hydrogens is 420 g/mol. The number of nitrogens with zero attached hydrogens (tertiary/aromatic N) is 4. The zero-order valence-corrected chi connectivity index (χ0v) is 19.2. The number of halogens is 1. The van der Waals surface area contributed by atoms with Crippen LogP contribution in [0.4, 0.5) is 0 Å². The van der Waals surface area contributed by atoms with E-state index in [1.807, 2.05) is 23.6 Å². The van der Waals surface area contributed by atoms with E-state index in [1.54, 1.807) is 18.2 Å². The number of piperidine rings is 1. The van der Waals surface area contributed by atoms with Gasteiger partial charge in [0.1, 0.15) is 12.4 Å². The second-order valence-corrected chi connectivity index (χ2v) is 9.13. The van der Waals surface area contributed by atoms with Gasteiger partial charge in [-0.3, -0.25) is 9.36 Å². The van der Waals surface area contributed by atoms with Gasteiger partial charge in [0, 0.05) is 24.2 Å². The Morgan fingerprint density at radius 3 is 2.83 bits per heavy atom. The molecule has 1 aliphatic rings. The summed E-state index contributed by atoms with van der Waals surface area (Å²) in [4.78, 5) is 15.1. The highest BCUT2D eigenvalue weighted by atomic mass is 35.5. The van der Waals surface area contributed by atoms with E-state index in [9.17, 15) is 4.79 Å². The van der Waals surface area contributed by atoms with Crippen LogP contribution < -0.4 is 4.74 Å². The van der Waals surface area contributed by atoms with Crippen molar-refractivity contribution < 1.29 is 9.53 Å². The molecule has 1 aliphatic heterocycles. The summed E-state index contributed by atoms with van der Waals surface area (Å²) in [5.74, 6) is 1.58. The minimum Gasteiger partial charge on any atom is -0.486 e. The van der Waals surface area contributed by atoms with Crippen LogP contribution in [0.2, 0.25) is 5.02 Å². The van der Waals surface area contributed by atoms with Crippen LogP contribution in [0.3, 0.4) is 0 Å². The van der Waals surface area contributed by atoms with Crippen LogP contribution in [0.1, 0.15) is 45.4 Å². The van der Waals surface area contributed by atoms with E-state index >= 15 is 0 Å². The maximum Gasteiger partial charge on any atom is 0.236 e. The van der Waals surface area contributed by atoms with Crippen LogP contribution in [0.5, 0.6) is 5.75 Å². The van der Waals surface area contributed by atoms with E-state index in [0.717, 1.165) is 25.8 Å². The minimum absolute atomic E-state index is 0.179. The van der Waals surface area contributed by atoms with Crippen molar-refractivity contribution in [3.8, 4) is 5.75 Å². The number of benzene rings is 1. The maximum absolute atomic E-state index is 13.1. The number of ether oxygens (including phenoxy) is 1. The number of hydrogen-bond acceptors (Lipinski definition) is 5. The van der Waals surface area contributed by atoms with Crippen LogP contribution in [0.15, 0.2) is 42.1 Å². The summed E-state index contributed by atoms with van der Waals surface area (Å²) in [6, 6.07) is 7.54. The number of carbonyl (C=O) groups is 1. The highest BCUT2D eigenvalue weighted by Gasteiger charge is 2.30. The van der Waals surface area contributed by atoms with Gasteiger partial charge in [-0.1, -0.05) is 36.4 Å². The Balaban J connectivity index is 1.68. The lowest BCUT2D eigenvalue weighted by Crippen LogP contribution is -2.46. The van der Waals surface area contributed by atoms with Crippen LogP contribution in [-0.4, -0.2) is 43.4 Å². The molecule has 30 heavy (non-hydrogen) atoms. The van der Waals surface area contributed by atoms with Crippen LogP contribution in [0.25, 0.3) is 0 Å². The van der Waals surface area contributed by atoms with E-state index in [4.69, 9.17) is 16.3 Å². The van der Waals surface area contributed by atoms with Gasteiger partial charge >= 0.3 is 0 Å². The summed E-state index contributed by atoms with van der Waals surface area (Å²) in [6.07, 6.45) is 6.18.